The fourth-order valence-electron chi connectivity index (χ4n) is 1.41. The maximum Gasteiger partial charge on any atom is 0.306 e. The highest BCUT2D eigenvalue weighted by molar-refractivity contribution is 7.09. The van der Waals surface area contributed by atoms with Crippen molar-refractivity contribution in [2.45, 2.75) is 26.2 Å². The van der Waals surface area contributed by atoms with Crippen molar-refractivity contribution in [3.05, 3.63) is 22.4 Å². The summed E-state index contributed by atoms with van der Waals surface area (Å²) in [6, 6.07) is 4.05. The molecule has 2 N–H and O–H groups in total. The summed E-state index contributed by atoms with van der Waals surface area (Å²) in [5.41, 5.74) is 5.53. The summed E-state index contributed by atoms with van der Waals surface area (Å²) in [5.74, 6) is 0.128. The number of carbonyl (C=O) groups is 1. The van der Waals surface area contributed by atoms with Crippen molar-refractivity contribution in [1.82, 2.24) is 0 Å². The largest absolute Gasteiger partial charge is 0.465 e. The molecule has 1 aromatic rings. The van der Waals surface area contributed by atoms with E-state index in [2.05, 4.69) is 0 Å². The minimum Gasteiger partial charge on any atom is -0.465 e. The molecule has 1 heterocycles. The van der Waals surface area contributed by atoms with Gasteiger partial charge in [0.25, 0.3) is 0 Å². The minimum atomic E-state index is -0.131. The number of hydrogen-bond acceptors (Lipinski definition) is 4. The van der Waals surface area contributed by atoms with E-state index in [4.69, 9.17) is 10.5 Å². The Morgan fingerprint density at radius 1 is 1.62 bits per heavy atom. The molecule has 1 aromatic heterocycles. The van der Waals surface area contributed by atoms with Gasteiger partial charge in [-0.15, -0.1) is 11.3 Å². The Kier molecular flexibility index (Phi) is 6.11. The predicted octanol–water partition coefficient (Wildman–Crippen LogP) is 2.21. The number of thiophene rings is 1. The van der Waals surface area contributed by atoms with Crippen molar-refractivity contribution in [2.75, 3.05) is 13.2 Å². The van der Waals surface area contributed by atoms with E-state index >= 15 is 0 Å². The summed E-state index contributed by atoms with van der Waals surface area (Å²) < 4.78 is 5.16. The van der Waals surface area contributed by atoms with Crippen LogP contribution in [-0.4, -0.2) is 19.1 Å². The summed E-state index contributed by atoms with van der Waals surface area (Å²) >= 11 is 1.69. The molecule has 1 rings (SSSR count). The molecular formula is C12H19NO2S. The summed E-state index contributed by atoms with van der Waals surface area (Å²) in [6.07, 6.45) is 2.18. The molecule has 1 unspecified atom stereocenters. The van der Waals surface area contributed by atoms with Crippen molar-refractivity contribution < 1.29 is 9.53 Å². The molecule has 16 heavy (non-hydrogen) atoms. The lowest BCUT2D eigenvalue weighted by Crippen LogP contribution is -2.19. The molecule has 0 saturated carbocycles. The van der Waals surface area contributed by atoms with Gasteiger partial charge in [0.2, 0.25) is 0 Å². The fraction of sp³-hybridized carbons (Fsp3) is 0.583. The molecule has 4 heteroatoms. The third-order valence-corrected chi connectivity index (χ3v) is 3.49. The van der Waals surface area contributed by atoms with Crippen LogP contribution in [0.2, 0.25) is 0 Å². The second-order valence-corrected chi connectivity index (χ2v) is 4.80. The molecule has 1 atom stereocenters. The average molecular weight is 241 g/mol. The Bertz CT molecular complexity index is 294. The van der Waals surface area contributed by atoms with Crippen LogP contribution in [0.3, 0.4) is 0 Å². The first-order chi connectivity index (χ1) is 7.76. The van der Waals surface area contributed by atoms with Gasteiger partial charge in [0.15, 0.2) is 0 Å². The topological polar surface area (TPSA) is 52.3 Å². The quantitative estimate of drug-likeness (QED) is 0.745. The third-order valence-electron chi connectivity index (χ3n) is 2.56. The zero-order chi connectivity index (χ0) is 11.8. The van der Waals surface area contributed by atoms with E-state index in [1.54, 1.807) is 11.3 Å². The van der Waals surface area contributed by atoms with Crippen molar-refractivity contribution in [3.8, 4) is 0 Å². The van der Waals surface area contributed by atoms with E-state index in [1.165, 1.54) is 4.88 Å². The van der Waals surface area contributed by atoms with Crippen LogP contribution in [0.15, 0.2) is 17.5 Å². The van der Waals surface area contributed by atoms with Gasteiger partial charge in [0, 0.05) is 17.7 Å². The predicted molar refractivity (Wildman–Crippen MR) is 66.4 cm³/mol. The molecule has 0 aliphatic rings. The zero-order valence-electron chi connectivity index (χ0n) is 9.65. The van der Waals surface area contributed by atoms with E-state index < -0.39 is 0 Å². The van der Waals surface area contributed by atoms with Gasteiger partial charge in [-0.1, -0.05) is 19.4 Å². The Morgan fingerprint density at radius 3 is 3.00 bits per heavy atom. The molecule has 0 fully saturated rings. The van der Waals surface area contributed by atoms with Gasteiger partial charge in [-0.05, 0) is 23.9 Å². The monoisotopic (exact) mass is 241 g/mol. The van der Waals surface area contributed by atoms with E-state index in [-0.39, 0.29) is 11.9 Å². The fourth-order valence-corrected chi connectivity index (χ4v) is 2.10. The zero-order valence-corrected chi connectivity index (χ0v) is 10.5. The first-order valence-corrected chi connectivity index (χ1v) is 6.52. The first-order valence-electron chi connectivity index (χ1n) is 5.64. The maximum atomic E-state index is 11.4. The van der Waals surface area contributed by atoms with Crippen LogP contribution < -0.4 is 5.73 Å². The molecule has 0 aliphatic carbocycles. The van der Waals surface area contributed by atoms with E-state index in [1.807, 2.05) is 24.4 Å². The van der Waals surface area contributed by atoms with Gasteiger partial charge in [-0.25, -0.2) is 0 Å². The van der Waals surface area contributed by atoms with Crippen LogP contribution in [-0.2, 0) is 16.0 Å². The Balaban J connectivity index is 2.15. The number of esters is 1. The number of nitrogens with two attached hydrogens (primary N) is 1. The average Bonchev–Trinajstić information content (AvgIpc) is 2.79. The highest BCUT2D eigenvalue weighted by Gasteiger charge is 2.11. The summed E-state index contributed by atoms with van der Waals surface area (Å²) in [4.78, 5) is 12.7. The van der Waals surface area contributed by atoms with Crippen molar-refractivity contribution in [2.24, 2.45) is 11.7 Å². The molecule has 0 amide bonds. The SMILES string of the molecule is CCC(CN)CC(=O)OCCc1cccs1. The van der Waals surface area contributed by atoms with E-state index in [0.29, 0.717) is 19.6 Å². The second-order valence-electron chi connectivity index (χ2n) is 3.76. The first kappa shape index (κ1) is 13.2. The summed E-state index contributed by atoms with van der Waals surface area (Å²) in [7, 11) is 0. The van der Waals surface area contributed by atoms with Crippen LogP contribution in [0.1, 0.15) is 24.6 Å². The van der Waals surface area contributed by atoms with Crippen LogP contribution in [0.4, 0.5) is 0 Å². The van der Waals surface area contributed by atoms with E-state index in [0.717, 1.165) is 12.8 Å². The minimum absolute atomic E-state index is 0.131. The number of rotatable bonds is 7. The molecule has 0 spiro atoms. The van der Waals surface area contributed by atoms with Crippen molar-refractivity contribution in [1.29, 1.82) is 0 Å². The maximum absolute atomic E-state index is 11.4. The molecule has 0 radical (unpaired) electrons. The van der Waals surface area contributed by atoms with Crippen LogP contribution in [0, 0.1) is 5.92 Å². The number of ether oxygens (including phenoxy) is 1. The number of hydrogen-bond donors (Lipinski definition) is 1. The van der Waals surface area contributed by atoms with Crippen LogP contribution >= 0.6 is 11.3 Å². The molecule has 0 saturated heterocycles. The Labute approximate surface area is 101 Å². The molecule has 0 aliphatic heterocycles. The normalized spacial score (nSPS) is 12.4. The van der Waals surface area contributed by atoms with Crippen molar-refractivity contribution >= 4 is 17.3 Å². The third kappa shape index (κ3) is 4.77. The van der Waals surface area contributed by atoms with Gasteiger partial charge < -0.3 is 10.5 Å². The molecule has 0 aromatic carbocycles. The lowest BCUT2D eigenvalue weighted by Gasteiger charge is -2.11. The van der Waals surface area contributed by atoms with Crippen LogP contribution in [0.5, 0.6) is 0 Å². The van der Waals surface area contributed by atoms with Gasteiger partial charge in [-0.3, -0.25) is 4.79 Å². The van der Waals surface area contributed by atoms with Gasteiger partial charge >= 0.3 is 5.97 Å². The molecule has 90 valence electrons. The van der Waals surface area contributed by atoms with Gasteiger partial charge in [0.05, 0.1) is 6.61 Å². The highest BCUT2D eigenvalue weighted by Crippen LogP contribution is 2.10. The smallest absolute Gasteiger partial charge is 0.306 e. The standard InChI is InChI=1S/C12H19NO2S/c1-2-10(9-13)8-12(14)15-6-5-11-4-3-7-16-11/h3-4,7,10H,2,5-6,8-9,13H2,1H3. The lowest BCUT2D eigenvalue weighted by atomic mass is 10.0. The highest BCUT2D eigenvalue weighted by atomic mass is 32.1. The molecule has 0 bridgehead atoms. The Morgan fingerprint density at radius 2 is 2.44 bits per heavy atom. The lowest BCUT2D eigenvalue weighted by molar-refractivity contribution is -0.144. The molecule has 3 nitrogen and oxygen atoms in total. The second kappa shape index (κ2) is 7.41. The van der Waals surface area contributed by atoms with Crippen molar-refractivity contribution in [3.63, 3.8) is 0 Å². The van der Waals surface area contributed by atoms with E-state index in [9.17, 15) is 4.79 Å². The van der Waals surface area contributed by atoms with Crippen LogP contribution in [0.25, 0.3) is 0 Å². The Hall–Kier alpha value is -0.870. The number of carbonyl (C=O) groups excluding carboxylic acids is 1. The summed E-state index contributed by atoms with van der Waals surface area (Å²) in [6.45, 7) is 3.06. The van der Waals surface area contributed by atoms with Gasteiger partial charge in [0.1, 0.15) is 0 Å². The van der Waals surface area contributed by atoms with Gasteiger partial charge in [-0.2, -0.15) is 0 Å². The molecular weight excluding hydrogens is 222 g/mol. The summed E-state index contributed by atoms with van der Waals surface area (Å²) in [5, 5.41) is 2.03.